The van der Waals surface area contributed by atoms with Gasteiger partial charge in [0.2, 0.25) is 0 Å². The van der Waals surface area contributed by atoms with Crippen molar-refractivity contribution in [2.45, 2.75) is 45.8 Å². The fourth-order valence-electron chi connectivity index (χ4n) is 2.62. The van der Waals surface area contributed by atoms with Crippen LogP contribution in [0.25, 0.3) is 0 Å². The predicted octanol–water partition coefficient (Wildman–Crippen LogP) is 1.50. The van der Waals surface area contributed by atoms with Crippen LogP contribution in [0, 0.1) is 0 Å². The Balaban J connectivity index is 1.93. The number of nitrogens with zero attached hydrogens (tertiary/aromatic N) is 3. The second-order valence-corrected chi connectivity index (χ2v) is 5.57. The third kappa shape index (κ3) is 4.28. The first-order valence-corrected chi connectivity index (χ1v) is 7.79. The predicted molar refractivity (Wildman–Crippen MR) is 78.9 cm³/mol. The molecule has 0 unspecified atom stereocenters. The van der Waals surface area contributed by atoms with Gasteiger partial charge in [-0.1, -0.05) is 12.1 Å². The topological polar surface area (TPSA) is 69.8 Å². The van der Waals surface area contributed by atoms with Gasteiger partial charge < -0.3 is 14.5 Å². The van der Waals surface area contributed by atoms with Gasteiger partial charge in [0.25, 0.3) is 5.91 Å². The molecule has 0 atom stereocenters. The highest BCUT2D eigenvalue weighted by atomic mass is 16.5. The van der Waals surface area contributed by atoms with E-state index in [1.165, 1.54) is 0 Å². The second-order valence-electron chi connectivity index (χ2n) is 5.57. The number of carbonyl (C=O) groups is 1. The fourth-order valence-corrected chi connectivity index (χ4v) is 2.62. The number of amides is 1. The molecule has 21 heavy (non-hydrogen) atoms. The normalized spacial score (nSPS) is 17.1. The van der Waals surface area contributed by atoms with Gasteiger partial charge >= 0.3 is 0 Å². The molecule has 0 aliphatic carbocycles. The quantitative estimate of drug-likeness (QED) is 0.861. The maximum atomic E-state index is 12.3. The average molecular weight is 295 g/mol. The Morgan fingerprint density at radius 2 is 2.19 bits per heavy atom. The molecule has 1 amide bonds. The Kier molecular flexibility index (Phi) is 5.76. The monoisotopic (exact) mass is 295 g/mol. The first-order chi connectivity index (χ1) is 10.1. The largest absolute Gasteiger partial charge is 0.393 e. The van der Waals surface area contributed by atoms with E-state index in [1.807, 2.05) is 6.92 Å². The molecule has 1 fully saturated rings. The standard InChI is InChI=1S/C15H25N3O3/c1-3-7-18(4-2)15(20)14-10-13(21-16-14)11-17-8-5-12(19)6-9-17/h10,12,19H,3-9,11H2,1-2H3. The molecule has 1 saturated heterocycles. The lowest BCUT2D eigenvalue weighted by Gasteiger charge is -2.28. The van der Waals surface area contributed by atoms with Crippen LogP contribution in [0.5, 0.6) is 0 Å². The minimum atomic E-state index is -0.180. The van der Waals surface area contributed by atoms with E-state index in [2.05, 4.69) is 17.0 Å². The van der Waals surface area contributed by atoms with Crippen molar-refractivity contribution in [3.8, 4) is 0 Å². The van der Waals surface area contributed by atoms with Crippen LogP contribution in [-0.2, 0) is 6.54 Å². The number of hydrogen-bond acceptors (Lipinski definition) is 5. The Morgan fingerprint density at radius 1 is 1.48 bits per heavy atom. The van der Waals surface area contributed by atoms with Crippen molar-refractivity contribution in [2.75, 3.05) is 26.2 Å². The molecule has 1 N–H and O–H groups in total. The third-order valence-corrected chi connectivity index (χ3v) is 3.88. The molecule has 2 rings (SSSR count). The van der Waals surface area contributed by atoms with E-state index < -0.39 is 0 Å². The first-order valence-electron chi connectivity index (χ1n) is 7.79. The lowest BCUT2D eigenvalue weighted by atomic mass is 10.1. The molecule has 6 heteroatoms. The van der Waals surface area contributed by atoms with E-state index in [0.29, 0.717) is 24.5 Å². The highest BCUT2D eigenvalue weighted by molar-refractivity contribution is 5.92. The molecule has 1 aliphatic rings. The van der Waals surface area contributed by atoms with E-state index in [0.717, 1.165) is 38.9 Å². The van der Waals surface area contributed by atoms with Gasteiger partial charge in [-0.25, -0.2) is 0 Å². The second kappa shape index (κ2) is 7.56. The zero-order valence-corrected chi connectivity index (χ0v) is 12.9. The van der Waals surface area contributed by atoms with Crippen LogP contribution in [0.4, 0.5) is 0 Å². The van der Waals surface area contributed by atoms with Gasteiger partial charge in [-0.3, -0.25) is 9.69 Å². The number of rotatable bonds is 6. The van der Waals surface area contributed by atoms with Crippen molar-refractivity contribution in [3.05, 3.63) is 17.5 Å². The van der Waals surface area contributed by atoms with Gasteiger partial charge in [-0.05, 0) is 26.2 Å². The maximum absolute atomic E-state index is 12.3. The number of piperidine rings is 1. The van der Waals surface area contributed by atoms with E-state index in [1.54, 1.807) is 11.0 Å². The molecule has 6 nitrogen and oxygen atoms in total. The van der Waals surface area contributed by atoms with Crippen molar-refractivity contribution in [1.82, 2.24) is 15.0 Å². The summed E-state index contributed by atoms with van der Waals surface area (Å²) in [6, 6.07) is 1.74. The average Bonchev–Trinajstić information content (AvgIpc) is 2.95. The molecule has 0 aromatic carbocycles. The molecule has 0 radical (unpaired) electrons. The lowest BCUT2D eigenvalue weighted by Crippen LogP contribution is -2.35. The Morgan fingerprint density at radius 3 is 2.81 bits per heavy atom. The van der Waals surface area contributed by atoms with Crippen LogP contribution < -0.4 is 0 Å². The highest BCUT2D eigenvalue weighted by Crippen LogP contribution is 2.15. The molecule has 1 aromatic rings. The van der Waals surface area contributed by atoms with Crippen molar-refractivity contribution in [3.63, 3.8) is 0 Å². The molecule has 0 spiro atoms. The summed E-state index contributed by atoms with van der Waals surface area (Å²) in [4.78, 5) is 16.3. The zero-order valence-electron chi connectivity index (χ0n) is 12.9. The van der Waals surface area contributed by atoms with Gasteiger partial charge in [0.15, 0.2) is 11.5 Å². The van der Waals surface area contributed by atoms with Crippen molar-refractivity contribution in [1.29, 1.82) is 0 Å². The van der Waals surface area contributed by atoms with Crippen molar-refractivity contribution >= 4 is 5.91 Å². The first kappa shape index (κ1) is 16.0. The van der Waals surface area contributed by atoms with Crippen LogP contribution in [0.15, 0.2) is 10.6 Å². The summed E-state index contributed by atoms with van der Waals surface area (Å²) in [6.07, 6.45) is 2.33. The maximum Gasteiger partial charge on any atom is 0.276 e. The Bertz CT molecular complexity index is 453. The van der Waals surface area contributed by atoms with Gasteiger partial charge in [0.05, 0.1) is 12.6 Å². The SMILES string of the molecule is CCCN(CC)C(=O)c1cc(CN2CCC(O)CC2)on1. The number of likely N-dealkylation sites (tertiary alicyclic amines) is 1. The molecule has 0 bridgehead atoms. The molecule has 118 valence electrons. The number of aromatic nitrogens is 1. The molecule has 1 aliphatic heterocycles. The minimum Gasteiger partial charge on any atom is -0.393 e. The fraction of sp³-hybridized carbons (Fsp3) is 0.733. The van der Waals surface area contributed by atoms with E-state index in [4.69, 9.17) is 4.52 Å². The van der Waals surface area contributed by atoms with Crippen LogP contribution in [0.2, 0.25) is 0 Å². The summed E-state index contributed by atoms with van der Waals surface area (Å²) in [7, 11) is 0. The molecule has 2 heterocycles. The number of carbonyl (C=O) groups excluding carboxylic acids is 1. The Hall–Kier alpha value is -1.40. The summed E-state index contributed by atoms with van der Waals surface area (Å²) in [5.41, 5.74) is 0.386. The molecule has 0 saturated carbocycles. The number of aliphatic hydroxyl groups excluding tert-OH is 1. The van der Waals surface area contributed by atoms with Crippen LogP contribution >= 0.6 is 0 Å². The minimum absolute atomic E-state index is 0.0663. The van der Waals surface area contributed by atoms with E-state index in [-0.39, 0.29) is 12.0 Å². The summed E-state index contributed by atoms with van der Waals surface area (Å²) in [6.45, 7) is 7.78. The van der Waals surface area contributed by atoms with Crippen molar-refractivity contribution in [2.24, 2.45) is 0 Å². The Labute approximate surface area is 125 Å². The smallest absolute Gasteiger partial charge is 0.276 e. The summed E-state index contributed by atoms with van der Waals surface area (Å²) in [5, 5.41) is 13.4. The molecule has 1 aromatic heterocycles. The lowest BCUT2D eigenvalue weighted by molar-refractivity contribution is 0.0737. The summed E-state index contributed by atoms with van der Waals surface area (Å²) >= 11 is 0. The number of hydrogen-bond donors (Lipinski definition) is 1. The van der Waals surface area contributed by atoms with Gasteiger partial charge in [0, 0.05) is 32.2 Å². The number of aliphatic hydroxyl groups is 1. The van der Waals surface area contributed by atoms with Crippen LogP contribution in [0.1, 0.15) is 49.4 Å². The van der Waals surface area contributed by atoms with Gasteiger partial charge in [0.1, 0.15) is 0 Å². The van der Waals surface area contributed by atoms with Crippen LogP contribution in [-0.4, -0.2) is 58.3 Å². The van der Waals surface area contributed by atoms with Crippen LogP contribution in [0.3, 0.4) is 0 Å². The highest BCUT2D eigenvalue weighted by Gasteiger charge is 2.21. The third-order valence-electron chi connectivity index (χ3n) is 3.88. The summed E-state index contributed by atoms with van der Waals surface area (Å²) < 4.78 is 5.29. The van der Waals surface area contributed by atoms with Gasteiger partial charge in [-0.2, -0.15) is 0 Å². The molecular formula is C15H25N3O3. The molecular weight excluding hydrogens is 270 g/mol. The van der Waals surface area contributed by atoms with Gasteiger partial charge in [-0.15, -0.1) is 0 Å². The van der Waals surface area contributed by atoms with Crippen molar-refractivity contribution < 1.29 is 14.4 Å². The van der Waals surface area contributed by atoms with E-state index >= 15 is 0 Å². The zero-order chi connectivity index (χ0) is 15.2. The summed E-state index contributed by atoms with van der Waals surface area (Å²) in [5.74, 6) is 0.644. The van der Waals surface area contributed by atoms with E-state index in [9.17, 15) is 9.90 Å².